The number of hydrogen-bond donors (Lipinski definition) is 2. The zero-order valence-electron chi connectivity index (χ0n) is 12.6. The Kier molecular flexibility index (Phi) is 3.45. The summed E-state index contributed by atoms with van der Waals surface area (Å²) in [4.78, 5) is 24.2. The van der Waals surface area contributed by atoms with Gasteiger partial charge in [0.05, 0.1) is 12.1 Å². The van der Waals surface area contributed by atoms with Gasteiger partial charge in [0.2, 0.25) is 12.7 Å². The van der Waals surface area contributed by atoms with Crippen molar-refractivity contribution in [3.05, 3.63) is 42.5 Å². The Morgan fingerprint density at radius 3 is 2.88 bits per heavy atom. The highest BCUT2D eigenvalue weighted by molar-refractivity contribution is 6.02. The molecule has 122 valence electrons. The predicted molar refractivity (Wildman–Crippen MR) is 85.3 cm³/mol. The molecule has 4 rings (SSSR count). The number of para-hydroxylation sites is 2. The number of benzene rings is 2. The molecule has 0 unspecified atom stereocenters. The minimum Gasteiger partial charge on any atom is -0.478 e. The lowest BCUT2D eigenvalue weighted by Gasteiger charge is -2.25. The molecule has 2 aliphatic heterocycles. The number of anilines is 2. The van der Waals surface area contributed by atoms with E-state index in [1.807, 2.05) is 0 Å². The standard InChI is InChI=1S/C17H14N2O5/c20-16(18-10-5-6-13-14(7-10)23-9-22-13)8-15-17(21)19-11-3-1-2-4-12(11)24-15/h1-7,15H,8-9H2,(H,18,20)(H,19,21)/t15-/m1/s1. The van der Waals surface area contributed by atoms with Crippen LogP contribution in [0.1, 0.15) is 6.42 Å². The van der Waals surface area contributed by atoms with Crippen molar-refractivity contribution in [1.82, 2.24) is 0 Å². The van der Waals surface area contributed by atoms with Crippen LogP contribution in [0.25, 0.3) is 0 Å². The van der Waals surface area contributed by atoms with Crippen molar-refractivity contribution in [2.45, 2.75) is 12.5 Å². The second-order valence-corrected chi connectivity index (χ2v) is 5.41. The van der Waals surface area contributed by atoms with Crippen LogP contribution in [0.3, 0.4) is 0 Å². The molecular formula is C17H14N2O5. The van der Waals surface area contributed by atoms with Gasteiger partial charge in [-0.2, -0.15) is 0 Å². The van der Waals surface area contributed by atoms with E-state index >= 15 is 0 Å². The molecule has 0 radical (unpaired) electrons. The second-order valence-electron chi connectivity index (χ2n) is 5.41. The fraction of sp³-hybridized carbons (Fsp3) is 0.176. The van der Waals surface area contributed by atoms with Gasteiger partial charge in [-0.15, -0.1) is 0 Å². The third kappa shape index (κ3) is 2.71. The number of fused-ring (bicyclic) bond motifs is 2. The van der Waals surface area contributed by atoms with E-state index in [0.29, 0.717) is 28.6 Å². The van der Waals surface area contributed by atoms with Crippen molar-refractivity contribution in [3.63, 3.8) is 0 Å². The molecule has 1 atom stereocenters. The molecule has 7 heteroatoms. The molecule has 0 aromatic heterocycles. The monoisotopic (exact) mass is 326 g/mol. The van der Waals surface area contributed by atoms with E-state index in [1.54, 1.807) is 42.5 Å². The van der Waals surface area contributed by atoms with Crippen LogP contribution in [0.15, 0.2) is 42.5 Å². The van der Waals surface area contributed by atoms with Crippen molar-refractivity contribution in [2.24, 2.45) is 0 Å². The average molecular weight is 326 g/mol. The van der Waals surface area contributed by atoms with Gasteiger partial charge in [-0.3, -0.25) is 9.59 Å². The number of ether oxygens (including phenoxy) is 3. The lowest BCUT2D eigenvalue weighted by atomic mass is 10.1. The van der Waals surface area contributed by atoms with Crippen LogP contribution in [0, 0.1) is 0 Å². The fourth-order valence-corrected chi connectivity index (χ4v) is 2.58. The van der Waals surface area contributed by atoms with E-state index in [2.05, 4.69) is 10.6 Å². The van der Waals surface area contributed by atoms with Gasteiger partial charge in [-0.1, -0.05) is 12.1 Å². The van der Waals surface area contributed by atoms with Crippen LogP contribution in [-0.2, 0) is 9.59 Å². The van der Waals surface area contributed by atoms with Gasteiger partial charge in [-0.25, -0.2) is 0 Å². The van der Waals surface area contributed by atoms with Gasteiger partial charge in [-0.05, 0) is 24.3 Å². The molecule has 2 N–H and O–H groups in total. The summed E-state index contributed by atoms with van der Waals surface area (Å²) in [5.41, 5.74) is 1.18. The maximum atomic E-state index is 12.2. The van der Waals surface area contributed by atoms with Crippen molar-refractivity contribution in [2.75, 3.05) is 17.4 Å². The summed E-state index contributed by atoms with van der Waals surface area (Å²) in [6, 6.07) is 12.2. The Morgan fingerprint density at radius 1 is 1.12 bits per heavy atom. The molecule has 2 amide bonds. The summed E-state index contributed by atoms with van der Waals surface area (Å²) >= 11 is 0. The molecule has 0 saturated heterocycles. The van der Waals surface area contributed by atoms with E-state index in [9.17, 15) is 9.59 Å². The maximum absolute atomic E-state index is 12.2. The zero-order valence-corrected chi connectivity index (χ0v) is 12.6. The van der Waals surface area contributed by atoms with Crippen molar-refractivity contribution in [3.8, 4) is 17.2 Å². The van der Waals surface area contributed by atoms with Gasteiger partial charge in [0.15, 0.2) is 17.6 Å². The first-order valence-electron chi connectivity index (χ1n) is 7.45. The minimum atomic E-state index is -0.867. The Bertz CT molecular complexity index is 820. The van der Waals surface area contributed by atoms with Gasteiger partial charge in [0, 0.05) is 11.8 Å². The molecule has 0 bridgehead atoms. The van der Waals surface area contributed by atoms with E-state index in [0.717, 1.165) is 0 Å². The molecule has 0 saturated carbocycles. The molecule has 0 spiro atoms. The topological polar surface area (TPSA) is 85.9 Å². The van der Waals surface area contributed by atoms with E-state index in [4.69, 9.17) is 14.2 Å². The molecule has 2 aromatic carbocycles. The van der Waals surface area contributed by atoms with Crippen LogP contribution in [0.5, 0.6) is 17.2 Å². The number of rotatable bonds is 3. The fourth-order valence-electron chi connectivity index (χ4n) is 2.58. The maximum Gasteiger partial charge on any atom is 0.266 e. The van der Waals surface area contributed by atoms with Crippen LogP contribution >= 0.6 is 0 Å². The summed E-state index contributed by atoms with van der Waals surface area (Å²) in [7, 11) is 0. The van der Waals surface area contributed by atoms with Crippen molar-refractivity contribution in [1.29, 1.82) is 0 Å². The first-order valence-corrected chi connectivity index (χ1v) is 7.45. The zero-order chi connectivity index (χ0) is 16.5. The summed E-state index contributed by atoms with van der Waals surface area (Å²) in [6.45, 7) is 0.169. The first-order chi connectivity index (χ1) is 11.7. The van der Waals surface area contributed by atoms with Gasteiger partial charge in [0.25, 0.3) is 5.91 Å². The average Bonchev–Trinajstić information content (AvgIpc) is 3.03. The van der Waals surface area contributed by atoms with Crippen LogP contribution < -0.4 is 24.8 Å². The van der Waals surface area contributed by atoms with Crippen LogP contribution in [0.2, 0.25) is 0 Å². The molecule has 2 aliphatic rings. The van der Waals surface area contributed by atoms with Crippen molar-refractivity contribution >= 4 is 23.2 Å². The summed E-state index contributed by atoms with van der Waals surface area (Å²) in [5, 5.41) is 5.46. The highest BCUT2D eigenvalue weighted by atomic mass is 16.7. The number of amides is 2. The molecule has 2 heterocycles. The molecule has 7 nitrogen and oxygen atoms in total. The van der Waals surface area contributed by atoms with E-state index in [-0.39, 0.29) is 25.0 Å². The summed E-state index contributed by atoms with van der Waals surface area (Å²) in [6.07, 6.45) is -0.955. The number of hydrogen-bond acceptors (Lipinski definition) is 5. The lowest BCUT2D eigenvalue weighted by Crippen LogP contribution is -2.39. The highest BCUT2D eigenvalue weighted by Gasteiger charge is 2.29. The van der Waals surface area contributed by atoms with Gasteiger partial charge in [0.1, 0.15) is 5.75 Å². The Balaban J connectivity index is 1.42. The number of nitrogens with one attached hydrogen (secondary N) is 2. The van der Waals surface area contributed by atoms with Gasteiger partial charge >= 0.3 is 0 Å². The van der Waals surface area contributed by atoms with Gasteiger partial charge < -0.3 is 24.8 Å². The Morgan fingerprint density at radius 2 is 1.96 bits per heavy atom. The largest absolute Gasteiger partial charge is 0.478 e. The Hall–Kier alpha value is -3.22. The predicted octanol–water partition coefficient (Wildman–Crippen LogP) is 2.14. The number of carbonyl (C=O) groups excluding carboxylic acids is 2. The smallest absolute Gasteiger partial charge is 0.266 e. The van der Waals surface area contributed by atoms with E-state index in [1.165, 1.54) is 0 Å². The minimum absolute atomic E-state index is 0.0887. The first kappa shape index (κ1) is 14.4. The molecular weight excluding hydrogens is 312 g/mol. The third-order valence-electron chi connectivity index (χ3n) is 3.73. The SMILES string of the molecule is O=C(C[C@H]1Oc2ccccc2NC1=O)Nc1ccc2c(c1)OCO2. The van der Waals surface area contributed by atoms with E-state index < -0.39 is 6.10 Å². The normalized spacial score (nSPS) is 17.5. The number of carbonyl (C=O) groups is 2. The molecule has 24 heavy (non-hydrogen) atoms. The van der Waals surface area contributed by atoms with Crippen LogP contribution in [-0.4, -0.2) is 24.7 Å². The molecule has 0 aliphatic carbocycles. The third-order valence-corrected chi connectivity index (χ3v) is 3.73. The highest BCUT2D eigenvalue weighted by Crippen LogP contribution is 2.34. The van der Waals surface area contributed by atoms with Crippen LogP contribution in [0.4, 0.5) is 11.4 Å². The Labute approximate surface area is 137 Å². The second kappa shape index (κ2) is 5.77. The molecule has 2 aromatic rings. The quantitative estimate of drug-likeness (QED) is 0.902. The molecule has 0 fully saturated rings. The van der Waals surface area contributed by atoms with Crippen molar-refractivity contribution < 1.29 is 23.8 Å². The summed E-state index contributed by atoms with van der Waals surface area (Å²) in [5.74, 6) is 1.11. The lowest BCUT2D eigenvalue weighted by molar-refractivity contribution is -0.128. The summed E-state index contributed by atoms with van der Waals surface area (Å²) < 4.78 is 16.1.